The molecule has 2 rings (SSSR count). The molecule has 1 N–H and O–H groups in total. The van der Waals surface area contributed by atoms with Crippen LogP contribution in [0.25, 0.3) is 0 Å². The van der Waals surface area contributed by atoms with E-state index in [-0.39, 0.29) is 0 Å². The third kappa shape index (κ3) is 1.87. The standard InChI is InChI=1S/C11H16O2/c1-2-3-6-11(12)7-9-4-5-10(8-11)13-9/h1,9-10,12H,3-8H2. The van der Waals surface area contributed by atoms with E-state index in [1.54, 1.807) is 0 Å². The van der Waals surface area contributed by atoms with Gasteiger partial charge in [0.15, 0.2) is 0 Å². The second kappa shape index (κ2) is 3.32. The highest BCUT2D eigenvalue weighted by Gasteiger charge is 2.42. The summed E-state index contributed by atoms with van der Waals surface area (Å²) in [6.45, 7) is 0. The van der Waals surface area contributed by atoms with Gasteiger partial charge < -0.3 is 9.84 Å². The number of rotatable bonds is 2. The minimum atomic E-state index is -0.531. The van der Waals surface area contributed by atoms with Crippen LogP contribution >= 0.6 is 0 Å². The van der Waals surface area contributed by atoms with Gasteiger partial charge in [-0.3, -0.25) is 0 Å². The molecular weight excluding hydrogens is 164 g/mol. The van der Waals surface area contributed by atoms with Crippen molar-refractivity contribution in [3.05, 3.63) is 0 Å². The zero-order chi connectivity index (χ0) is 9.31. The van der Waals surface area contributed by atoms with Gasteiger partial charge in [-0.2, -0.15) is 0 Å². The predicted molar refractivity (Wildman–Crippen MR) is 50.1 cm³/mol. The number of fused-ring (bicyclic) bond motifs is 2. The molecule has 2 bridgehead atoms. The summed E-state index contributed by atoms with van der Waals surface area (Å²) in [6.07, 6.45) is 11.0. The lowest BCUT2D eigenvalue weighted by molar-refractivity contribution is -0.113. The predicted octanol–water partition coefficient (Wildman–Crippen LogP) is 1.47. The van der Waals surface area contributed by atoms with Gasteiger partial charge in [0.05, 0.1) is 17.8 Å². The van der Waals surface area contributed by atoms with Gasteiger partial charge in [-0.1, -0.05) is 0 Å². The highest BCUT2D eigenvalue weighted by atomic mass is 16.5. The lowest BCUT2D eigenvalue weighted by atomic mass is 9.86. The van der Waals surface area contributed by atoms with Crippen molar-refractivity contribution in [3.8, 4) is 12.3 Å². The Morgan fingerprint density at radius 2 is 2.00 bits per heavy atom. The molecule has 0 aromatic heterocycles. The van der Waals surface area contributed by atoms with E-state index < -0.39 is 5.60 Å². The zero-order valence-corrected chi connectivity index (χ0v) is 7.83. The van der Waals surface area contributed by atoms with Gasteiger partial charge in [0.2, 0.25) is 0 Å². The average Bonchev–Trinajstić information content (AvgIpc) is 2.43. The zero-order valence-electron chi connectivity index (χ0n) is 7.83. The molecule has 2 nitrogen and oxygen atoms in total. The summed E-state index contributed by atoms with van der Waals surface area (Å²) in [5.74, 6) is 2.59. The molecule has 2 heterocycles. The first-order valence-electron chi connectivity index (χ1n) is 5.03. The van der Waals surface area contributed by atoms with E-state index in [4.69, 9.17) is 11.2 Å². The molecule has 2 heteroatoms. The number of ether oxygens (including phenoxy) is 1. The fraction of sp³-hybridized carbons (Fsp3) is 0.818. The molecule has 0 aromatic carbocycles. The van der Waals surface area contributed by atoms with Crippen molar-refractivity contribution in [1.29, 1.82) is 0 Å². The molecule has 2 saturated heterocycles. The molecule has 0 radical (unpaired) electrons. The van der Waals surface area contributed by atoms with Crippen molar-refractivity contribution in [2.45, 2.75) is 56.3 Å². The summed E-state index contributed by atoms with van der Waals surface area (Å²) in [5.41, 5.74) is -0.531. The Hall–Kier alpha value is -0.520. The van der Waals surface area contributed by atoms with Crippen LogP contribution in [-0.2, 0) is 4.74 Å². The smallest absolute Gasteiger partial charge is 0.0706 e. The highest BCUT2D eigenvalue weighted by molar-refractivity contribution is 4.97. The van der Waals surface area contributed by atoms with Gasteiger partial charge in [-0.05, 0) is 19.3 Å². The van der Waals surface area contributed by atoms with Crippen molar-refractivity contribution < 1.29 is 9.84 Å². The molecule has 13 heavy (non-hydrogen) atoms. The van der Waals surface area contributed by atoms with Crippen molar-refractivity contribution in [1.82, 2.24) is 0 Å². The molecular formula is C11H16O2. The van der Waals surface area contributed by atoms with E-state index in [9.17, 15) is 5.11 Å². The quantitative estimate of drug-likeness (QED) is 0.652. The Kier molecular flexibility index (Phi) is 2.31. The number of aliphatic hydroxyl groups is 1. The second-order valence-corrected chi connectivity index (χ2v) is 4.29. The summed E-state index contributed by atoms with van der Waals surface area (Å²) in [6, 6.07) is 0. The Labute approximate surface area is 79.3 Å². The Bertz CT molecular complexity index is 217. The maximum atomic E-state index is 10.2. The molecule has 2 unspecified atom stereocenters. The van der Waals surface area contributed by atoms with Crippen LogP contribution in [0.15, 0.2) is 0 Å². The fourth-order valence-corrected chi connectivity index (χ4v) is 2.52. The first-order chi connectivity index (χ1) is 6.22. The minimum absolute atomic E-state index is 0.293. The second-order valence-electron chi connectivity index (χ2n) is 4.29. The van der Waals surface area contributed by atoms with Crippen molar-refractivity contribution in [2.75, 3.05) is 0 Å². The minimum Gasteiger partial charge on any atom is -0.390 e. The summed E-state index contributed by atoms with van der Waals surface area (Å²) in [7, 11) is 0. The van der Waals surface area contributed by atoms with Crippen LogP contribution in [0.3, 0.4) is 0 Å². The topological polar surface area (TPSA) is 29.5 Å². The first kappa shape index (κ1) is 9.05. The first-order valence-corrected chi connectivity index (χ1v) is 5.03. The Morgan fingerprint density at radius 3 is 2.54 bits per heavy atom. The van der Waals surface area contributed by atoms with Gasteiger partial charge in [0.1, 0.15) is 0 Å². The van der Waals surface area contributed by atoms with Crippen LogP contribution in [0.2, 0.25) is 0 Å². The average molecular weight is 180 g/mol. The SMILES string of the molecule is C#CCCC1(O)CC2CCC(C1)O2. The Balaban J connectivity index is 1.96. The molecule has 2 fully saturated rings. The highest BCUT2D eigenvalue weighted by Crippen LogP contribution is 2.40. The van der Waals surface area contributed by atoms with Gasteiger partial charge in [0, 0.05) is 19.3 Å². The molecule has 0 aromatic rings. The molecule has 0 amide bonds. The normalized spacial score (nSPS) is 43.1. The molecule has 2 atom stereocenters. The van der Waals surface area contributed by atoms with Gasteiger partial charge >= 0.3 is 0 Å². The van der Waals surface area contributed by atoms with E-state index in [2.05, 4.69) is 5.92 Å². The Morgan fingerprint density at radius 1 is 1.38 bits per heavy atom. The van der Waals surface area contributed by atoms with Crippen LogP contribution in [0, 0.1) is 12.3 Å². The molecule has 72 valence electrons. The molecule has 0 aliphatic carbocycles. The maximum absolute atomic E-state index is 10.2. The van der Waals surface area contributed by atoms with Crippen molar-refractivity contribution >= 4 is 0 Å². The molecule has 0 saturated carbocycles. The van der Waals surface area contributed by atoms with Crippen LogP contribution in [0.1, 0.15) is 38.5 Å². The third-order valence-electron chi connectivity index (χ3n) is 3.15. The van der Waals surface area contributed by atoms with Crippen molar-refractivity contribution in [2.24, 2.45) is 0 Å². The maximum Gasteiger partial charge on any atom is 0.0706 e. The molecule has 2 aliphatic rings. The summed E-state index contributed by atoms with van der Waals surface area (Å²) < 4.78 is 5.66. The summed E-state index contributed by atoms with van der Waals surface area (Å²) in [4.78, 5) is 0. The fourth-order valence-electron chi connectivity index (χ4n) is 2.52. The molecule has 2 aliphatic heterocycles. The largest absolute Gasteiger partial charge is 0.390 e. The van der Waals surface area contributed by atoms with E-state index in [1.807, 2.05) is 0 Å². The van der Waals surface area contributed by atoms with Crippen LogP contribution in [0.4, 0.5) is 0 Å². The third-order valence-corrected chi connectivity index (χ3v) is 3.15. The van der Waals surface area contributed by atoms with E-state index in [0.717, 1.165) is 32.1 Å². The number of hydrogen-bond acceptors (Lipinski definition) is 2. The number of terminal acetylenes is 1. The summed E-state index contributed by atoms with van der Waals surface area (Å²) in [5, 5.41) is 10.2. The van der Waals surface area contributed by atoms with Gasteiger partial charge in [-0.15, -0.1) is 12.3 Å². The van der Waals surface area contributed by atoms with Crippen LogP contribution in [0.5, 0.6) is 0 Å². The van der Waals surface area contributed by atoms with Gasteiger partial charge in [0.25, 0.3) is 0 Å². The van der Waals surface area contributed by atoms with Crippen molar-refractivity contribution in [3.63, 3.8) is 0 Å². The molecule has 0 spiro atoms. The van der Waals surface area contributed by atoms with Crippen LogP contribution in [-0.4, -0.2) is 22.9 Å². The van der Waals surface area contributed by atoms with Crippen LogP contribution < -0.4 is 0 Å². The summed E-state index contributed by atoms with van der Waals surface area (Å²) >= 11 is 0. The lowest BCUT2D eigenvalue weighted by Gasteiger charge is -2.36. The number of hydrogen-bond donors (Lipinski definition) is 1. The van der Waals surface area contributed by atoms with E-state index in [0.29, 0.717) is 18.6 Å². The van der Waals surface area contributed by atoms with E-state index in [1.165, 1.54) is 0 Å². The lowest BCUT2D eigenvalue weighted by Crippen LogP contribution is -2.40. The van der Waals surface area contributed by atoms with Gasteiger partial charge in [-0.25, -0.2) is 0 Å². The monoisotopic (exact) mass is 180 g/mol. The van der Waals surface area contributed by atoms with E-state index >= 15 is 0 Å².